The normalized spacial score (nSPS) is 18.0. The van der Waals surface area contributed by atoms with Crippen LogP contribution in [0.15, 0.2) is 54.7 Å². The van der Waals surface area contributed by atoms with E-state index in [1.54, 1.807) is 14.2 Å². The Morgan fingerprint density at radius 3 is 2.42 bits per heavy atom. The summed E-state index contributed by atoms with van der Waals surface area (Å²) in [6.07, 6.45) is 3.55. The number of benzene rings is 2. The van der Waals surface area contributed by atoms with Gasteiger partial charge in [0.15, 0.2) is 11.5 Å². The van der Waals surface area contributed by atoms with Gasteiger partial charge in [0.1, 0.15) is 5.82 Å². The molecule has 2 unspecified atom stereocenters. The Balaban J connectivity index is 1.66. The molecule has 0 radical (unpaired) electrons. The van der Waals surface area contributed by atoms with E-state index in [4.69, 9.17) is 9.47 Å². The Kier molecular flexibility index (Phi) is 8.02. The highest BCUT2D eigenvalue weighted by Crippen LogP contribution is 2.41. The number of hydrogen-bond donors (Lipinski definition) is 0. The van der Waals surface area contributed by atoms with Crippen molar-refractivity contribution in [1.29, 1.82) is 5.26 Å². The van der Waals surface area contributed by atoms with E-state index in [-0.39, 0.29) is 11.7 Å². The molecule has 1 saturated heterocycles. The van der Waals surface area contributed by atoms with Crippen molar-refractivity contribution >= 4 is 0 Å². The highest BCUT2D eigenvalue weighted by molar-refractivity contribution is 5.47. The van der Waals surface area contributed by atoms with Gasteiger partial charge in [-0.1, -0.05) is 38.6 Å². The van der Waals surface area contributed by atoms with E-state index in [0.29, 0.717) is 17.4 Å². The first-order valence-electron chi connectivity index (χ1n) is 11.7. The molecule has 1 fully saturated rings. The fourth-order valence-electron chi connectivity index (χ4n) is 4.95. The lowest BCUT2D eigenvalue weighted by Crippen LogP contribution is -2.35. The molecule has 3 rings (SSSR count). The van der Waals surface area contributed by atoms with Crippen molar-refractivity contribution < 1.29 is 13.9 Å². The van der Waals surface area contributed by atoms with Gasteiger partial charge in [-0.3, -0.25) is 0 Å². The molecule has 2 aromatic carbocycles. The number of rotatable bonds is 9. The first-order valence-corrected chi connectivity index (χ1v) is 11.7. The SMILES string of the molecule is C=C1CC(c2ccc(F)cc2)CCN1CCCC(C#N)(c1ccc(OC)c(OC)c1)C(C)C. The maximum atomic E-state index is 13.3. The van der Waals surface area contributed by atoms with Crippen LogP contribution in [0.2, 0.25) is 0 Å². The number of hydrogen-bond acceptors (Lipinski definition) is 4. The minimum atomic E-state index is -0.604. The minimum absolute atomic E-state index is 0.146. The monoisotopic (exact) mass is 450 g/mol. The summed E-state index contributed by atoms with van der Waals surface area (Å²) in [5.41, 5.74) is 2.65. The molecule has 2 aromatic rings. The standard InChI is InChI=1S/C28H35FN2O2/c1-20(2)28(19-30,24-9-12-26(32-4)27(18-24)33-5)14-6-15-31-16-13-23(17-21(31)3)22-7-10-25(29)11-8-22/h7-12,18,20,23H,3,6,13-17H2,1-2,4-5H3. The van der Waals surface area contributed by atoms with Crippen molar-refractivity contribution in [2.24, 2.45) is 5.92 Å². The van der Waals surface area contributed by atoms with Crippen LogP contribution in [0.3, 0.4) is 0 Å². The zero-order chi connectivity index (χ0) is 24.0. The average Bonchev–Trinajstić information content (AvgIpc) is 2.82. The molecule has 1 aliphatic heterocycles. The fraction of sp³-hybridized carbons (Fsp3) is 0.464. The number of piperidine rings is 1. The zero-order valence-corrected chi connectivity index (χ0v) is 20.2. The molecule has 176 valence electrons. The molecule has 0 aromatic heterocycles. The maximum Gasteiger partial charge on any atom is 0.161 e. The van der Waals surface area contributed by atoms with E-state index >= 15 is 0 Å². The summed E-state index contributed by atoms with van der Waals surface area (Å²) in [6.45, 7) is 10.3. The molecule has 2 atom stereocenters. The van der Waals surface area contributed by atoms with Crippen LogP contribution in [0.4, 0.5) is 4.39 Å². The molecule has 1 aliphatic rings. The predicted molar refractivity (Wildman–Crippen MR) is 130 cm³/mol. The van der Waals surface area contributed by atoms with Crippen LogP contribution in [-0.2, 0) is 5.41 Å². The molecule has 0 saturated carbocycles. The molecule has 0 N–H and O–H groups in total. The molecular formula is C28H35FN2O2. The van der Waals surface area contributed by atoms with Gasteiger partial charge in [0.25, 0.3) is 0 Å². The van der Waals surface area contributed by atoms with Crippen molar-refractivity contribution in [2.45, 2.75) is 50.9 Å². The summed E-state index contributed by atoms with van der Waals surface area (Å²) < 4.78 is 24.1. The summed E-state index contributed by atoms with van der Waals surface area (Å²) in [6, 6.07) is 15.3. The van der Waals surface area contributed by atoms with Gasteiger partial charge in [-0.05, 0) is 72.9 Å². The molecular weight excluding hydrogens is 415 g/mol. The molecule has 0 amide bonds. The predicted octanol–water partition coefficient (Wildman–Crippen LogP) is 6.43. The van der Waals surface area contributed by atoms with Gasteiger partial charge in [-0.25, -0.2) is 4.39 Å². The second-order valence-corrected chi connectivity index (χ2v) is 9.21. The van der Waals surface area contributed by atoms with Gasteiger partial charge in [-0.2, -0.15) is 5.26 Å². The first-order chi connectivity index (χ1) is 15.8. The molecule has 0 bridgehead atoms. The number of ether oxygens (including phenoxy) is 2. The topological polar surface area (TPSA) is 45.5 Å². The third kappa shape index (κ3) is 5.33. The number of likely N-dealkylation sites (tertiary alicyclic amines) is 1. The Hall–Kier alpha value is -3.00. The molecule has 0 aliphatic carbocycles. The molecule has 0 spiro atoms. The van der Waals surface area contributed by atoms with Crippen LogP contribution >= 0.6 is 0 Å². The van der Waals surface area contributed by atoms with Gasteiger partial charge < -0.3 is 14.4 Å². The number of nitriles is 1. The van der Waals surface area contributed by atoms with Crippen molar-refractivity contribution in [1.82, 2.24) is 4.90 Å². The molecule has 33 heavy (non-hydrogen) atoms. The van der Waals surface area contributed by atoms with Crippen molar-refractivity contribution in [3.8, 4) is 17.6 Å². The summed E-state index contributed by atoms with van der Waals surface area (Å²) in [5.74, 6) is 1.64. The Morgan fingerprint density at radius 2 is 1.85 bits per heavy atom. The fourth-order valence-corrected chi connectivity index (χ4v) is 4.95. The Labute approximate surface area is 197 Å². The number of methoxy groups -OCH3 is 2. The van der Waals surface area contributed by atoms with E-state index in [1.807, 2.05) is 30.3 Å². The smallest absolute Gasteiger partial charge is 0.161 e. The Bertz CT molecular complexity index is 996. The number of halogens is 1. The van der Waals surface area contributed by atoms with Gasteiger partial charge in [0.05, 0.1) is 25.7 Å². The van der Waals surface area contributed by atoms with E-state index < -0.39 is 5.41 Å². The van der Waals surface area contributed by atoms with Crippen LogP contribution in [0.25, 0.3) is 0 Å². The second-order valence-electron chi connectivity index (χ2n) is 9.21. The van der Waals surface area contributed by atoms with E-state index in [2.05, 4.69) is 31.4 Å². The number of nitrogens with zero attached hydrogens (tertiary/aromatic N) is 2. The van der Waals surface area contributed by atoms with E-state index in [9.17, 15) is 9.65 Å². The van der Waals surface area contributed by atoms with E-state index in [0.717, 1.165) is 50.0 Å². The minimum Gasteiger partial charge on any atom is -0.493 e. The van der Waals surface area contributed by atoms with Gasteiger partial charge in [-0.15, -0.1) is 0 Å². The third-order valence-corrected chi connectivity index (χ3v) is 7.10. The highest BCUT2D eigenvalue weighted by Gasteiger charge is 2.36. The second kappa shape index (κ2) is 10.7. The van der Waals surface area contributed by atoms with Gasteiger partial charge >= 0.3 is 0 Å². The highest BCUT2D eigenvalue weighted by atomic mass is 19.1. The van der Waals surface area contributed by atoms with Gasteiger partial charge in [0, 0.05) is 18.8 Å². The zero-order valence-electron chi connectivity index (χ0n) is 20.2. The van der Waals surface area contributed by atoms with Crippen LogP contribution in [0.5, 0.6) is 11.5 Å². The largest absolute Gasteiger partial charge is 0.493 e. The first kappa shape index (κ1) is 24.6. The molecule has 1 heterocycles. The van der Waals surface area contributed by atoms with E-state index in [1.165, 1.54) is 17.7 Å². The summed E-state index contributed by atoms with van der Waals surface area (Å²) >= 11 is 0. The third-order valence-electron chi connectivity index (χ3n) is 7.10. The average molecular weight is 451 g/mol. The summed E-state index contributed by atoms with van der Waals surface area (Å²) in [5, 5.41) is 10.3. The van der Waals surface area contributed by atoms with Crippen molar-refractivity contribution in [2.75, 3.05) is 27.3 Å². The lowest BCUT2D eigenvalue weighted by atomic mass is 9.69. The van der Waals surface area contributed by atoms with Gasteiger partial charge in [0.2, 0.25) is 0 Å². The van der Waals surface area contributed by atoms with Crippen LogP contribution < -0.4 is 9.47 Å². The number of allylic oxidation sites excluding steroid dienone is 1. The van der Waals surface area contributed by atoms with Crippen LogP contribution in [0.1, 0.15) is 56.6 Å². The summed E-state index contributed by atoms with van der Waals surface area (Å²) in [7, 11) is 3.23. The van der Waals surface area contributed by atoms with Crippen molar-refractivity contribution in [3.63, 3.8) is 0 Å². The maximum absolute atomic E-state index is 13.3. The van der Waals surface area contributed by atoms with Crippen molar-refractivity contribution in [3.05, 3.63) is 71.7 Å². The van der Waals surface area contributed by atoms with Crippen LogP contribution in [-0.4, -0.2) is 32.2 Å². The lowest BCUT2D eigenvalue weighted by Gasteiger charge is -2.37. The Morgan fingerprint density at radius 1 is 1.15 bits per heavy atom. The molecule has 5 heteroatoms. The quantitative estimate of drug-likeness (QED) is 0.441. The lowest BCUT2D eigenvalue weighted by molar-refractivity contribution is 0.253. The molecule has 4 nitrogen and oxygen atoms in total. The van der Waals surface area contributed by atoms with Crippen LogP contribution in [0, 0.1) is 23.1 Å². The summed E-state index contributed by atoms with van der Waals surface area (Å²) in [4.78, 5) is 2.34.